The molecule has 0 bridgehead atoms. The van der Waals surface area contributed by atoms with Crippen molar-refractivity contribution >= 4 is 28.2 Å². The first-order chi connectivity index (χ1) is 13.8. The van der Waals surface area contributed by atoms with Gasteiger partial charge in [-0.1, -0.05) is 61.9 Å². The van der Waals surface area contributed by atoms with Crippen LogP contribution in [0.4, 0.5) is 17.3 Å². The number of pyridine rings is 1. The van der Waals surface area contributed by atoms with E-state index in [2.05, 4.69) is 34.7 Å². The van der Waals surface area contributed by atoms with E-state index in [0.29, 0.717) is 5.82 Å². The van der Waals surface area contributed by atoms with E-state index < -0.39 is 0 Å². The summed E-state index contributed by atoms with van der Waals surface area (Å²) in [6.45, 7) is 3.06. The smallest absolute Gasteiger partial charge is 0.163 e. The van der Waals surface area contributed by atoms with Gasteiger partial charge in [-0.15, -0.1) is 0 Å². The molecule has 5 heteroatoms. The Hall–Kier alpha value is -3.47. The molecule has 4 rings (SSSR count). The minimum atomic E-state index is 0.692. The molecular formula is C23H23N5. The summed E-state index contributed by atoms with van der Waals surface area (Å²) in [6.07, 6.45) is 4.04. The summed E-state index contributed by atoms with van der Waals surface area (Å²) in [5.74, 6) is 2.25. The Labute approximate surface area is 164 Å². The number of anilines is 3. The van der Waals surface area contributed by atoms with Crippen molar-refractivity contribution in [3.63, 3.8) is 0 Å². The molecule has 0 aliphatic heterocycles. The first-order valence-corrected chi connectivity index (χ1v) is 9.62. The Morgan fingerprint density at radius 1 is 0.857 bits per heavy atom. The summed E-state index contributed by atoms with van der Waals surface area (Å²) < 4.78 is 0. The predicted octanol–water partition coefficient (Wildman–Crippen LogP) is 5.65. The van der Waals surface area contributed by atoms with Gasteiger partial charge in [0.05, 0.1) is 11.2 Å². The number of para-hydroxylation sites is 1. The number of aromatic nitrogens is 3. The molecule has 0 spiro atoms. The van der Waals surface area contributed by atoms with Crippen LogP contribution in [-0.4, -0.2) is 21.5 Å². The van der Waals surface area contributed by atoms with E-state index in [4.69, 9.17) is 9.97 Å². The fourth-order valence-electron chi connectivity index (χ4n) is 3.05. The summed E-state index contributed by atoms with van der Waals surface area (Å²) in [7, 11) is 0. The molecule has 0 saturated heterocycles. The number of hydrogen-bond donors (Lipinski definition) is 2. The number of hydrogen-bond acceptors (Lipinski definition) is 5. The van der Waals surface area contributed by atoms with Gasteiger partial charge in [0.1, 0.15) is 11.6 Å². The van der Waals surface area contributed by atoms with E-state index in [0.717, 1.165) is 53.2 Å². The first-order valence-electron chi connectivity index (χ1n) is 9.62. The highest BCUT2D eigenvalue weighted by Gasteiger charge is 2.09. The van der Waals surface area contributed by atoms with Crippen molar-refractivity contribution in [1.29, 1.82) is 0 Å². The van der Waals surface area contributed by atoms with Gasteiger partial charge in [-0.25, -0.2) is 9.97 Å². The lowest BCUT2D eigenvalue weighted by Crippen LogP contribution is -2.06. The fourth-order valence-corrected chi connectivity index (χ4v) is 3.05. The van der Waals surface area contributed by atoms with E-state index >= 15 is 0 Å². The highest BCUT2D eigenvalue weighted by Crippen LogP contribution is 2.26. The van der Waals surface area contributed by atoms with E-state index in [1.54, 1.807) is 6.20 Å². The Kier molecular flexibility index (Phi) is 5.43. The molecule has 2 heterocycles. The number of benzene rings is 2. The van der Waals surface area contributed by atoms with Crippen LogP contribution in [0.1, 0.15) is 19.8 Å². The van der Waals surface area contributed by atoms with Crippen molar-refractivity contribution in [2.75, 3.05) is 17.2 Å². The molecule has 4 aromatic rings. The standard InChI is InChI=1S/C23H23N5/c1-2-3-14-24-20-16-21(28-23(27-20)18-9-5-4-6-10-18)26-19-13-7-11-17-12-8-15-25-22(17)19/h4-13,15-16H,2-3,14H2,1H3,(H2,24,26,27,28). The van der Waals surface area contributed by atoms with Crippen LogP contribution in [0, 0.1) is 0 Å². The molecule has 0 saturated carbocycles. The maximum atomic E-state index is 4.74. The molecule has 0 atom stereocenters. The van der Waals surface area contributed by atoms with Gasteiger partial charge < -0.3 is 10.6 Å². The molecule has 28 heavy (non-hydrogen) atoms. The minimum absolute atomic E-state index is 0.692. The zero-order valence-corrected chi connectivity index (χ0v) is 15.9. The molecule has 0 aliphatic rings. The van der Waals surface area contributed by atoms with E-state index in [1.165, 1.54) is 0 Å². The van der Waals surface area contributed by atoms with Crippen LogP contribution in [0.2, 0.25) is 0 Å². The average Bonchev–Trinajstić information content (AvgIpc) is 2.75. The molecule has 0 amide bonds. The molecule has 2 N–H and O–H groups in total. The second kappa shape index (κ2) is 8.48. The summed E-state index contributed by atoms with van der Waals surface area (Å²) in [5.41, 5.74) is 2.83. The second-order valence-corrected chi connectivity index (χ2v) is 6.61. The minimum Gasteiger partial charge on any atom is -0.370 e. The number of fused-ring (bicyclic) bond motifs is 1. The Bertz CT molecular complexity index is 1060. The highest BCUT2D eigenvalue weighted by molar-refractivity contribution is 5.91. The molecule has 0 radical (unpaired) electrons. The van der Waals surface area contributed by atoms with Crippen LogP contribution in [0.3, 0.4) is 0 Å². The lowest BCUT2D eigenvalue weighted by Gasteiger charge is -2.12. The lowest BCUT2D eigenvalue weighted by atomic mass is 10.2. The Balaban J connectivity index is 1.71. The van der Waals surface area contributed by atoms with Crippen LogP contribution in [0.5, 0.6) is 0 Å². The number of unbranched alkanes of at least 4 members (excludes halogenated alkanes) is 1. The molecule has 0 fully saturated rings. The topological polar surface area (TPSA) is 62.7 Å². The maximum absolute atomic E-state index is 4.74. The van der Waals surface area contributed by atoms with Crippen molar-refractivity contribution in [3.05, 3.63) is 72.9 Å². The number of nitrogens with zero attached hydrogens (tertiary/aromatic N) is 3. The van der Waals surface area contributed by atoms with Gasteiger partial charge >= 0.3 is 0 Å². The summed E-state index contributed by atoms with van der Waals surface area (Å²) >= 11 is 0. The highest BCUT2D eigenvalue weighted by atomic mass is 15.1. The monoisotopic (exact) mass is 369 g/mol. The maximum Gasteiger partial charge on any atom is 0.163 e. The number of nitrogens with one attached hydrogen (secondary N) is 2. The largest absolute Gasteiger partial charge is 0.370 e. The normalized spacial score (nSPS) is 10.8. The summed E-state index contributed by atoms with van der Waals surface area (Å²) in [6, 6.07) is 22.1. The van der Waals surface area contributed by atoms with Crippen LogP contribution in [0.15, 0.2) is 72.9 Å². The zero-order valence-electron chi connectivity index (χ0n) is 15.9. The van der Waals surface area contributed by atoms with Gasteiger partial charge in [0.2, 0.25) is 0 Å². The van der Waals surface area contributed by atoms with Gasteiger partial charge in [-0.2, -0.15) is 0 Å². The van der Waals surface area contributed by atoms with Crippen molar-refractivity contribution in [2.24, 2.45) is 0 Å². The average molecular weight is 369 g/mol. The molecule has 2 aromatic carbocycles. The van der Waals surface area contributed by atoms with E-state index in [9.17, 15) is 0 Å². The number of rotatable bonds is 7. The molecule has 0 unspecified atom stereocenters. The van der Waals surface area contributed by atoms with Gasteiger partial charge in [0.25, 0.3) is 0 Å². The van der Waals surface area contributed by atoms with Crippen LogP contribution in [0.25, 0.3) is 22.3 Å². The lowest BCUT2D eigenvalue weighted by molar-refractivity contribution is 0.830. The predicted molar refractivity (Wildman–Crippen MR) is 116 cm³/mol. The van der Waals surface area contributed by atoms with Gasteiger partial charge in [0.15, 0.2) is 5.82 Å². The third-order valence-electron chi connectivity index (χ3n) is 4.49. The Morgan fingerprint density at radius 3 is 2.54 bits per heavy atom. The summed E-state index contributed by atoms with van der Waals surface area (Å²) in [5, 5.41) is 7.94. The van der Waals surface area contributed by atoms with Gasteiger partial charge in [-0.3, -0.25) is 4.98 Å². The SMILES string of the molecule is CCCCNc1cc(Nc2cccc3cccnc23)nc(-c2ccccc2)n1. The molecular weight excluding hydrogens is 346 g/mol. The quantitative estimate of drug-likeness (QED) is 0.412. The van der Waals surface area contributed by atoms with Crippen molar-refractivity contribution < 1.29 is 0 Å². The molecule has 5 nitrogen and oxygen atoms in total. The van der Waals surface area contributed by atoms with Crippen molar-refractivity contribution in [2.45, 2.75) is 19.8 Å². The van der Waals surface area contributed by atoms with Gasteiger partial charge in [0, 0.05) is 29.8 Å². The third kappa shape index (κ3) is 4.09. The van der Waals surface area contributed by atoms with E-state index in [-0.39, 0.29) is 0 Å². The van der Waals surface area contributed by atoms with Crippen LogP contribution in [-0.2, 0) is 0 Å². The second-order valence-electron chi connectivity index (χ2n) is 6.61. The van der Waals surface area contributed by atoms with Crippen LogP contribution < -0.4 is 10.6 Å². The van der Waals surface area contributed by atoms with Gasteiger partial charge in [-0.05, 0) is 18.6 Å². The molecule has 140 valence electrons. The zero-order chi connectivity index (χ0) is 19.2. The fraction of sp³-hybridized carbons (Fsp3) is 0.174. The Morgan fingerprint density at radius 2 is 1.68 bits per heavy atom. The van der Waals surface area contributed by atoms with Crippen molar-refractivity contribution in [1.82, 2.24) is 15.0 Å². The van der Waals surface area contributed by atoms with E-state index in [1.807, 2.05) is 54.6 Å². The molecule has 2 aromatic heterocycles. The van der Waals surface area contributed by atoms with Crippen molar-refractivity contribution in [3.8, 4) is 11.4 Å². The third-order valence-corrected chi connectivity index (χ3v) is 4.49. The van der Waals surface area contributed by atoms with Crippen LogP contribution >= 0.6 is 0 Å². The summed E-state index contributed by atoms with van der Waals surface area (Å²) in [4.78, 5) is 14.0. The first kappa shape index (κ1) is 17.9. The molecule has 0 aliphatic carbocycles.